The number of hydrogen-bond donors (Lipinski definition) is 1. The number of nitrogen functional groups attached to an aromatic ring is 1. The minimum Gasteiger partial charge on any atom is -0.368 e. The van der Waals surface area contributed by atoms with Gasteiger partial charge in [0, 0.05) is 5.41 Å². The Morgan fingerprint density at radius 2 is 1.86 bits per heavy atom. The van der Waals surface area contributed by atoms with Crippen molar-refractivity contribution in [2.24, 2.45) is 0 Å². The number of nitrogens with zero attached hydrogens (tertiary/aromatic N) is 2. The van der Waals surface area contributed by atoms with Gasteiger partial charge in [0.15, 0.2) is 0 Å². The van der Waals surface area contributed by atoms with Crippen LogP contribution in [0.2, 0.25) is 0 Å². The van der Waals surface area contributed by atoms with Crippen LogP contribution in [-0.2, 0) is 5.41 Å². The molecule has 0 bridgehead atoms. The lowest BCUT2D eigenvalue weighted by Gasteiger charge is -2.20. The molecule has 0 aliphatic carbocycles. The standard InChI is InChI=1S/C11H15N3/c1-6-8-7(2)13-10(12)14-9(8)11(3,4)5/h1H,2-5H3,(H2,12,13,14). The summed E-state index contributed by atoms with van der Waals surface area (Å²) < 4.78 is 0. The molecule has 3 nitrogen and oxygen atoms in total. The maximum atomic E-state index is 5.59. The number of hydrogen-bond acceptors (Lipinski definition) is 3. The summed E-state index contributed by atoms with van der Waals surface area (Å²) in [5.74, 6) is 2.90. The Bertz CT molecular complexity index is 394. The summed E-state index contributed by atoms with van der Waals surface area (Å²) in [5.41, 5.74) is 7.84. The van der Waals surface area contributed by atoms with Crippen LogP contribution in [-0.4, -0.2) is 9.97 Å². The first-order valence-electron chi connectivity index (χ1n) is 4.47. The van der Waals surface area contributed by atoms with Gasteiger partial charge in [-0.2, -0.15) is 0 Å². The van der Waals surface area contributed by atoms with Crippen LogP contribution >= 0.6 is 0 Å². The molecule has 0 aliphatic rings. The van der Waals surface area contributed by atoms with E-state index >= 15 is 0 Å². The SMILES string of the molecule is C#Cc1c(C)nc(N)nc1C(C)(C)C. The molecule has 0 radical (unpaired) electrons. The van der Waals surface area contributed by atoms with Gasteiger partial charge in [-0.1, -0.05) is 26.7 Å². The highest BCUT2D eigenvalue weighted by Gasteiger charge is 2.21. The Balaban J connectivity index is 3.50. The van der Waals surface area contributed by atoms with Crippen LogP contribution in [0.4, 0.5) is 5.95 Å². The van der Waals surface area contributed by atoms with E-state index in [0.717, 1.165) is 17.0 Å². The normalized spacial score (nSPS) is 11.1. The van der Waals surface area contributed by atoms with Crippen LogP contribution in [0.3, 0.4) is 0 Å². The molecule has 0 saturated carbocycles. The number of rotatable bonds is 0. The minimum absolute atomic E-state index is 0.108. The Morgan fingerprint density at radius 1 is 1.29 bits per heavy atom. The maximum absolute atomic E-state index is 5.59. The largest absolute Gasteiger partial charge is 0.368 e. The number of aryl methyl sites for hydroxylation is 1. The third kappa shape index (κ3) is 1.85. The lowest BCUT2D eigenvalue weighted by Crippen LogP contribution is -2.18. The zero-order valence-corrected chi connectivity index (χ0v) is 9.05. The summed E-state index contributed by atoms with van der Waals surface area (Å²) in [5, 5.41) is 0. The van der Waals surface area contributed by atoms with Crippen LogP contribution in [0.15, 0.2) is 0 Å². The van der Waals surface area contributed by atoms with Crippen LogP contribution in [0, 0.1) is 19.3 Å². The zero-order valence-electron chi connectivity index (χ0n) is 9.05. The van der Waals surface area contributed by atoms with E-state index in [1.54, 1.807) is 0 Å². The summed E-state index contributed by atoms with van der Waals surface area (Å²) >= 11 is 0. The molecule has 0 atom stereocenters. The van der Waals surface area contributed by atoms with E-state index in [1.807, 2.05) is 6.92 Å². The lowest BCUT2D eigenvalue weighted by molar-refractivity contribution is 0.565. The van der Waals surface area contributed by atoms with Gasteiger partial charge in [0.05, 0.1) is 17.0 Å². The smallest absolute Gasteiger partial charge is 0.220 e. The predicted octanol–water partition coefficient (Wildman–Crippen LogP) is 1.65. The van der Waals surface area contributed by atoms with Crippen molar-refractivity contribution in [3.05, 3.63) is 17.0 Å². The molecule has 0 aliphatic heterocycles. The molecule has 0 amide bonds. The van der Waals surface area contributed by atoms with Gasteiger partial charge in [-0.05, 0) is 6.92 Å². The zero-order chi connectivity index (χ0) is 10.9. The van der Waals surface area contributed by atoms with Gasteiger partial charge < -0.3 is 5.73 Å². The van der Waals surface area contributed by atoms with Crippen molar-refractivity contribution in [2.45, 2.75) is 33.1 Å². The van der Waals surface area contributed by atoms with Crippen molar-refractivity contribution < 1.29 is 0 Å². The molecular formula is C11H15N3. The third-order valence-corrected chi connectivity index (χ3v) is 1.96. The first-order valence-corrected chi connectivity index (χ1v) is 4.47. The Hall–Kier alpha value is -1.56. The highest BCUT2D eigenvalue weighted by Crippen LogP contribution is 2.25. The van der Waals surface area contributed by atoms with E-state index < -0.39 is 0 Å². The average Bonchev–Trinajstić information content (AvgIpc) is 2.01. The Morgan fingerprint density at radius 3 is 2.29 bits per heavy atom. The van der Waals surface area contributed by atoms with E-state index in [-0.39, 0.29) is 11.4 Å². The summed E-state index contributed by atoms with van der Waals surface area (Å²) in [6.45, 7) is 8.00. The monoisotopic (exact) mass is 189 g/mol. The van der Waals surface area contributed by atoms with E-state index in [0.29, 0.717) is 0 Å². The number of aromatic nitrogens is 2. The van der Waals surface area contributed by atoms with Gasteiger partial charge in [0.25, 0.3) is 0 Å². The van der Waals surface area contributed by atoms with Crippen molar-refractivity contribution in [1.82, 2.24) is 9.97 Å². The van der Waals surface area contributed by atoms with E-state index in [4.69, 9.17) is 12.2 Å². The molecule has 1 aromatic rings. The molecular weight excluding hydrogens is 174 g/mol. The molecule has 0 spiro atoms. The van der Waals surface area contributed by atoms with Crippen molar-refractivity contribution in [3.8, 4) is 12.3 Å². The van der Waals surface area contributed by atoms with Gasteiger partial charge in [0.1, 0.15) is 0 Å². The van der Waals surface area contributed by atoms with E-state index in [1.165, 1.54) is 0 Å². The third-order valence-electron chi connectivity index (χ3n) is 1.96. The van der Waals surface area contributed by atoms with Crippen LogP contribution in [0.25, 0.3) is 0 Å². The van der Waals surface area contributed by atoms with Gasteiger partial charge in [-0.25, -0.2) is 9.97 Å². The second kappa shape index (κ2) is 3.30. The molecule has 3 heteroatoms. The molecule has 0 unspecified atom stereocenters. The van der Waals surface area contributed by atoms with E-state index in [9.17, 15) is 0 Å². The fraction of sp³-hybridized carbons (Fsp3) is 0.455. The fourth-order valence-electron chi connectivity index (χ4n) is 1.31. The van der Waals surface area contributed by atoms with Crippen molar-refractivity contribution in [3.63, 3.8) is 0 Å². The molecule has 1 heterocycles. The fourth-order valence-corrected chi connectivity index (χ4v) is 1.31. The van der Waals surface area contributed by atoms with Crippen LogP contribution < -0.4 is 5.73 Å². The molecule has 0 fully saturated rings. The first kappa shape index (κ1) is 10.5. The molecule has 74 valence electrons. The van der Waals surface area contributed by atoms with Crippen molar-refractivity contribution >= 4 is 5.95 Å². The van der Waals surface area contributed by atoms with Crippen molar-refractivity contribution in [2.75, 3.05) is 5.73 Å². The van der Waals surface area contributed by atoms with Gasteiger partial charge in [-0.3, -0.25) is 0 Å². The predicted molar refractivity (Wildman–Crippen MR) is 57.8 cm³/mol. The highest BCUT2D eigenvalue weighted by atomic mass is 15.0. The number of anilines is 1. The molecule has 1 rings (SSSR count). The number of terminal acetylenes is 1. The first-order chi connectivity index (χ1) is 6.36. The van der Waals surface area contributed by atoms with E-state index in [2.05, 4.69) is 36.7 Å². The van der Waals surface area contributed by atoms with Gasteiger partial charge in [-0.15, -0.1) is 6.42 Å². The number of nitrogens with two attached hydrogens (primary N) is 1. The van der Waals surface area contributed by atoms with Crippen LogP contribution in [0.5, 0.6) is 0 Å². The van der Waals surface area contributed by atoms with Crippen LogP contribution in [0.1, 0.15) is 37.7 Å². The molecule has 0 saturated heterocycles. The second-order valence-corrected chi connectivity index (χ2v) is 4.29. The van der Waals surface area contributed by atoms with Gasteiger partial charge in [0.2, 0.25) is 5.95 Å². The van der Waals surface area contributed by atoms with Gasteiger partial charge >= 0.3 is 0 Å². The second-order valence-electron chi connectivity index (χ2n) is 4.29. The summed E-state index contributed by atoms with van der Waals surface area (Å²) in [6, 6.07) is 0. The maximum Gasteiger partial charge on any atom is 0.220 e. The quantitative estimate of drug-likeness (QED) is 0.631. The molecule has 0 aromatic carbocycles. The summed E-state index contributed by atoms with van der Waals surface area (Å²) in [4.78, 5) is 8.24. The molecule has 1 aromatic heterocycles. The van der Waals surface area contributed by atoms with Crippen molar-refractivity contribution in [1.29, 1.82) is 0 Å². The summed E-state index contributed by atoms with van der Waals surface area (Å²) in [7, 11) is 0. The highest BCUT2D eigenvalue weighted by molar-refractivity contribution is 5.45. The average molecular weight is 189 g/mol. The Labute approximate surface area is 84.8 Å². The molecule has 14 heavy (non-hydrogen) atoms. The minimum atomic E-state index is -0.108. The Kier molecular flexibility index (Phi) is 2.48. The summed E-state index contributed by atoms with van der Waals surface area (Å²) in [6.07, 6.45) is 5.43. The topological polar surface area (TPSA) is 51.8 Å². The molecule has 2 N–H and O–H groups in total. The lowest BCUT2D eigenvalue weighted by atomic mass is 9.88.